The molecule has 0 aromatic rings. The van der Waals surface area contributed by atoms with Crippen LogP contribution in [0, 0.1) is 0 Å². The van der Waals surface area contributed by atoms with Gasteiger partial charge in [0.05, 0.1) is 0 Å². The van der Waals surface area contributed by atoms with Crippen LogP contribution in [0.4, 0.5) is 0 Å². The second-order valence-corrected chi connectivity index (χ2v) is 33.3. The predicted octanol–water partition coefficient (Wildman–Crippen LogP) is -0.524. The van der Waals surface area contributed by atoms with Gasteiger partial charge in [0.15, 0.2) is 0 Å². The molecule has 116 heavy (non-hydrogen) atoms. The Hall–Kier alpha value is -1.20. The van der Waals surface area contributed by atoms with E-state index in [0.29, 0.717) is 105 Å². The van der Waals surface area contributed by atoms with Crippen molar-refractivity contribution in [3.63, 3.8) is 0 Å². The van der Waals surface area contributed by atoms with E-state index in [1.54, 1.807) is 0 Å². The largest absolute Gasteiger partial charge is 0.330 e. The highest BCUT2D eigenvalue weighted by Gasteiger charge is 2.20. The van der Waals surface area contributed by atoms with Crippen LogP contribution in [0.25, 0.3) is 0 Å². The number of hydrogen-bond donors (Lipinski definition) is 16. The third kappa shape index (κ3) is 72.1. The van der Waals surface area contributed by atoms with Gasteiger partial charge >= 0.3 is 0 Å². The number of nitrogens with zero attached hydrogens (tertiary/aromatic N) is 14. The Morgan fingerprint density at radius 1 is 0.0690 bits per heavy atom. The molecule has 0 saturated heterocycles. The molecule has 30 nitrogen and oxygen atoms in total. The van der Waals surface area contributed by atoms with Crippen LogP contribution in [-0.2, 0) is 0 Å². The van der Waals surface area contributed by atoms with Gasteiger partial charge in [0, 0.05) is 13.1 Å². The van der Waals surface area contributed by atoms with Gasteiger partial charge < -0.3 is 160 Å². The Morgan fingerprint density at radius 2 is 0.121 bits per heavy atom. The lowest BCUT2D eigenvalue weighted by Crippen LogP contribution is -2.41. The van der Waals surface area contributed by atoms with E-state index in [-0.39, 0.29) is 0 Å². The van der Waals surface area contributed by atoms with Gasteiger partial charge in [0.1, 0.15) is 0 Å². The highest BCUT2D eigenvalue weighted by Crippen LogP contribution is 2.13. The van der Waals surface area contributed by atoms with Crippen LogP contribution in [0.3, 0.4) is 0 Å². The maximum atomic E-state index is 6.10. The molecule has 0 aliphatic rings. The molecule has 0 aromatic carbocycles. The SMILES string of the molecule is NCCCN(CCCN)CCCN(CCCN(CCCN)CCCN)CCCN(CCCN(CCCN(CCCN)CCCN)CCCN(CCCN)CCCN)CCN(CCCN(CCCN(CCCN)CCCN)CCCN(CCCN)CCCN)CCCN(CCCN(CCCN)CCCN)CCCN(CCCN)CCCN. The van der Waals surface area contributed by atoms with Crippen molar-refractivity contribution in [2.75, 3.05) is 380 Å². The van der Waals surface area contributed by atoms with Gasteiger partial charge in [-0.1, -0.05) is 0 Å². The molecule has 0 aliphatic carbocycles. The highest BCUT2D eigenvalue weighted by atomic mass is 15.2. The molecule has 0 heterocycles. The first-order chi connectivity index (χ1) is 57.0. The zero-order valence-corrected chi connectivity index (χ0v) is 76.3. The Morgan fingerprint density at radius 3 is 0.181 bits per heavy atom. The van der Waals surface area contributed by atoms with Crippen molar-refractivity contribution in [1.82, 2.24) is 68.6 Å². The third-order valence-corrected chi connectivity index (χ3v) is 23.0. The summed E-state index contributed by atoms with van der Waals surface area (Å²) >= 11 is 0. The summed E-state index contributed by atoms with van der Waals surface area (Å²) in [5.41, 5.74) is 97.6. The lowest BCUT2D eigenvalue weighted by Gasteiger charge is -2.32. The van der Waals surface area contributed by atoms with E-state index < -0.39 is 0 Å². The molecule has 0 aliphatic heterocycles. The van der Waals surface area contributed by atoms with E-state index in [4.69, 9.17) is 91.7 Å². The fourth-order valence-corrected chi connectivity index (χ4v) is 16.2. The van der Waals surface area contributed by atoms with Crippen LogP contribution >= 0.6 is 0 Å². The molecule has 0 spiro atoms. The third-order valence-electron chi connectivity index (χ3n) is 23.0. The van der Waals surface area contributed by atoms with E-state index in [2.05, 4.69) is 68.6 Å². The average Bonchev–Trinajstić information content (AvgIpc) is 0.939. The molecule has 698 valence electrons. The minimum Gasteiger partial charge on any atom is -0.330 e. The number of hydrogen-bond acceptors (Lipinski definition) is 30. The van der Waals surface area contributed by atoms with Crippen LogP contribution in [-0.4, -0.2) is 448 Å². The van der Waals surface area contributed by atoms with Gasteiger partial charge in [0.25, 0.3) is 0 Å². The van der Waals surface area contributed by atoms with E-state index in [1.165, 1.54) is 0 Å². The van der Waals surface area contributed by atoms with Crippen LogP contribution in [0.15, 0.2) is 0 Å². The van der Waals surface area contributed by atoms with Gasteiger partial charge in [0.2, 0.25) is 0 Å². The quantitative estimate of drug-likeness (QED) is 0.0364. The summed E-state index contributed by atoms with van der Waals surface area (Å²) in [7, 11) is 0. The number of rotatable bonds is 99. The highest BCUT2D eigenvalue weighted by molar-refractivity contribution is 4.77. The zero-order valence-electron chi connectivity index (χ0n) is 76.3. The smallest absolute Gasteiger partial charge is 0.0109 e. The minimum absolute atomic E-state index is 0.712. The standard InChI is InChI=1S/C86H204N30/c87-29-1-45-103(46-2-30-88)61-17-69-111(70-18-62-104(47-3-31-89)48-4-32-90)77-25-81-115(82-26-78-112(71-19-63-105(49-5-33-91)50-6-34-92)72-20-64-106(51-7-35-93)52-8-36-94)85-86-116(83-27-79-113(73-21-65-107(53-9-37-95)54-10-38-96)74-22-66-108(55-11-39-97)56-12-40-98)84-28-80-114(75-23-67-109(57-13-41-99)58-14-42-100)76-24-68-110(59-15-43-101)60-16-44-102/h1-102H2. The number of nitrogens with two attached hydrogens (primary N) is 16. The molecule has 0 bridgehead atoms. The first kappa shape index (κ1) is 115. The van der Waals surface area contributed by atoms with Gasteiger partial charge in [-0.25, -0.2) is 0 Å². The van der Waals surface area contributed by atoms with Crippen molar-refractivity contribution in [3.8, 4) is 0 Å². The molecule has 0 unspecified atom stereocenters. The van der Waals surface area contributed by atoms with Gasteiger partial charge in [-0.15, -0.1) is 0 Å². The summed E-state index contributed by atoms with van der Waals surface area (Å²) in [5.74, 6) is 0. The van der Waals surface area contributed by atoms with Crippen molar-refractivity contribution in [2.24, 2.45) is 91.7 Å². The lowest BCUT2D eigenvalue weighted by molar-refractivity contribution is 0.156. The second-order valence-electron chi connectivity index (χ2n) is 33.3. The molecule has 0 rings (SSSR count). The first-order valence-electron chi connectivity index (χ1n) is 48.3. The summed E-state index contributed by atoms with van der Waals surface area (Å²) < 4.78 is 0. The van der Waals surface area contributed by atoms with Gasteiger partial charge in [-0.05, 0) is 546 Å². The van der Waals surface area contributed by atoms with E-state index in [9.17, 15) is 0 Å². The summed E-state index contributed by atoms with van der Waals surface area (Å²) in [4.78, 5) is 37.8. The predicted molar refractivity (Wildman–Crippen MR) is 504 cm³/mol. The topological polar surface area (TPSA) is 462 Å². The fourth-order valence-electron chi connectivity index (χ4n) is 16.2. The molecule has 0 saturated carbocycles. The van der Waals surface area contributed by atoms with Crippen molar-refractivity contribution in [2.45, 2.75) is 180 Å². The van der Waals surface area contributed by atoms with Crippen molar-refractivity contribution in [1.29, 1.82) is 0 Å². The Kier molecular flexibility index (Phi) is 89.1. The molecule has 0 radical (unpaired) electrons. The Labute approximate surface area is 716 Å². The Balaban J connectivity index is 8.05. The molecular weight excluding hydrogens is 1450 g/mol. The second kappa shape index (κ2) is 90.1. The zero-order chi connectivity index (χ0) is 84.9. The van der Waals surface area contributed by atoms with E-state index in [0.717, 1.165) is 455 Å². The normalized spacial score (nSPS) is 12.6. The molecule has 0 aromatic heterocycles. The first-order valence-corrected chi connectivity index (χ1v) is 48.3. The molecule has 0 atom stereocenters. The van der Waals surface area contributed by atoms with Gasteiger partial charge in [-0.3, -0.25) is 0 Å². The van der Waals surface area contributed by atoms with Crippen molar-refractivity contribution < 1.29 is 0 Å². The average molecular weight is 1660 g/mol. The van der Waals surface area contributed by atoms with Crippen molar-refractivity contribution >= 4 is 0 Å². The monoisotopic (exact) mass is 1660 g/mol. The minimum atomic E-state index is 0.712. The fraction of sp³-hybridized carbons (Fsp3) is 1.00. The van der Waals surface area contributed by atoms with Crippen LogP contribution in [0.5, 0.6) is 0 Å². The van der Waals surface area contributed by atoms with Crippen molar-refractivity contribution in [3.05, 3.63) is 0 Å². The van der Waals surface area contributed by atoms with Gasteiger partial charge in [-0.2, -0.15) is 0 Å². The summed E-state index contributed by atoms with van der Waals surface area (Å²) in [6.45, 7) is 55.8. The summed E-state index contributed by atoms with van der Waals surface area (Å²) in [6, 6.07) is 0. The lowest BCUT2D eigenvalue weighted by atomic mass is 10.2. The summed E-state index contributed by atoms with van der Waals surface area (Å²) in [5, 5.41) is 0. The molecule has 0 amide bonds. The molecule has 30 heteroatoms. The Bertz CT molecular complexity index is 1470. The van der Waals surface area contributed by atoms with Crippen LogP contribution < -0.4 is 91.7 Å². The van der Waals surface area contributed by atoms with E-state index in [1.807, 2.05) is 0 Å². The molecule has 0 fully saturated rings. The molecule has 32 N–H and O–H groups in total. The maximum absolute atomic E-state index is 6.10. The molecular formula is C86H204N30. The maximum Gasteiger partial charge on any atom is 0.0109 e. The van der Waals surface area contributed by atoms with E-state index >= 15 is 0 Å². The van der Waals surface area contributed by atoms with Crippen LogP contribution in [0.1, 0.15) is 180 Å². The summed E-state index contributed by atoms with van der Waals surface area (Å²) in [6.07, 6.45) is 29.7. The van der Waals surface area contributed by atoms with Crippen LogP contribution in [0.2, 0.25) is 0 Å².